The number of rotatable bonds is 5. The second-order valence-electron chi connectivity index (χ2n) is 8.75. The van der Waals surface area contributed by atoms with Crippen LogP contribution in [-0.2, 0) is 4.74 Å². The lowest BCUT2D eigenvalue weighted by atomic mass is 10.1. The summed E-state index contributed by atoms with van der Waals surface area (Å²) < 4.78 is 5.47. The average Bonchev–Trinajstić information content (AvgIpc) is 3.57. The number of nitrogens with one attached hydrogen (secondary N) is 4. The van der Waals surface area contributed by atoms with Gasteiger partial charge in [0.05, 0.1) is 24.3 Å². The van der Waals surface area contributed by atoms with Gasteiger partial charge in [0.15, 0.2) is 0 Å². The number of urea groups is 1. The fourth-order valence-corrected chi connectivity index (χ4v) is 4.37. The first kappa shape index (κ1) is 22.7. The van der Waals surface area contributed by atoms with Crippen molar-refractivity contribution in [2.75, 3.05) is 41.8 Å². The predicted octanol–water partition coefficient (Wildman–Crippen LogP) is 4.20. The molecule has 11 nitrogen and oxygen atoms in total. The Morgan fingerprint density at radius 3 is 2.62 bits per heavy atom. The van der Waals surface area contributed by atoms with E-state index in [0.717, 1.165) is 58.1 Å². The van der Waals surface area contributed by atoms with Crippen LogP contribution in [0.5, 0.6) is 0 Å². The number of morpholine rings is 1. The highest BCUT2D eigenvalue weighted by Gasteiger charge is 2.17. The van der Waals surface area contributed by atoms with E-state index in [9.17, 15) is 4.79 Å². The lowest BCUT2D eigenvalue weighted by Crippen LogP contribution is -2.36. The molecule has 5 aromatic rings. The number of H-pyrrole nitrogens is 2. The van der Waals surface area contributed by atoms with Crippen LogP contribution < -0.4 is 15.5 Å². The number of ether oxygens (including phenoxy) is 1. The number of aromatic nitrogens is 6. The monoisotopic (exact) mass is 495 g/mol. The Morgan fingerprint density at radius 1 is 0.973 bits per heavy atom. The van der Waals surface area contributed by atoms with Crippen molar-refractivity contribution in [3.8, 4) is 22.5 Å². The van der Waals surface area contributed by atoms with Crippen molar-refractivity contribution >= 4 is 34.4 Å². The number of carbonyl (C=O) groups excluding carboxylic acids is 1. The molecule has 0 radical (unpaired) electrons. The molecule has 6 rings (SSSR count). The van der Waals surface area contributed by atoms with E-state index in [4.69, 9.17) is 4.74 Å². The van der Waals surface area contributed by atoms with Gasteiger partial charge in [0.2, 0.25) is 0 Å². The second kappa shape index (κ2) is 9.70. The second-order valence-corrected chi connectivity index (χ2v) is 8.75. The summed E-state index contributed by atoms with van der Waals surface area (Å²) in [7, 11) is 0. The zero-order valence-electron chi connectivity index (χ0n) is 20.2. The highest BCUT2D eigenvalue weighted by Crippen LogP contribution is 2.29. The van der Waals surface area contributed by atoms with Gasteiger partial charge in [0, 0.05) is 48.0 Å². The van der Waals surface area contributed by atoms with Gasteiger partial charge in [-0.3, -0.25) is 15.4 Å². The Morgan fingerprint density at radius 2 is 1.81 bits per heavy atom. The quantitative estimate of drug-likeness (QED) is 0.287. The lowest BCUT2D eigenvalue weighted by Gasteiger charge is -2.27. The van der Waals surface area contributed by atoms with Gasteiger partial charge in [-0.15, -0.1) is 0 Å². The Kier molecular flexibility index (Phi) is 5.95. The van der Waals surface area contributed by atoms with E-state index in [1.165, 1.54) is 0 Å². The number of carbonyl (C=O) groups is 1. The van der Waals surface area contributed by atoms with Gasteiger partial charge in [0.1, 0.15) is 23.6 Å². The zero-order chi connectivity index (χ0) is 25.2. The van der Waals surface area contributed by atoms with E-state index in [1.54, 1.807) is 18.6 Å². The molecule has 186 valence electrons. The van der Waals surface area contributed by atoms with E-state index >= 15 is 0 Å². The van der Waals surface area contributed by atoms with Gasteiger partial charge in [-0.2, -0.15) is 5.10 Å². The summed E-state index contributed by atoms with van der Waals surface area (Å²) in [6.45, 7) is 4.91. The molecule has 1 fully saturated rings. The summed E-state index contributed by atoms with van der Waals surface area (Å²) in [6.07, 6.45) is 3.31. The number of nitrogens with zero attached hydrogens (tertiary/aromatic N) is 5. The Labute approximate surface area is 212 Å². The summed E-state index contributed by atoms with van der Waals surface area (Å²) in [4.78, 5) is 31.2. The lowest BCUT2D eigenvalue weighted by molar-refractivity contribution is 0.122. The number of aromatic amines is 2. The molecule has 0 spiro atoms. The summed E-state index contributed by atoms with van der Waals surface area (Å²) in [6, 6.07) is 14.9. The van der Waals surface area contributed by atoms with Gasteiger partial charge >= 0.3 is 6.03 Å². The van der Waals surface area contributed by atoms with Crippen LogP contribution in [0.2, 0.25) is 0 Å². The van der Waals surface area contributed by atoms with Crippen molar-refractivity contribution in [3.05, 3.63) is 66.7 Å². The third kappa shape index (κ3) is 4.84. The van der Waals surface area contributed by atoms with Gasteiger partial charge in [-0.1, -0.05) is 12.1 Å². The van der Waals surface area contributed by atoms with Crippen LogP contribution in [0.4, 0.5) is 22.1 Å². The van der Waals surface area contributed by atoms with E-state index in [2.05, 4.69) is 51.7 Å². The maximum Gasteiger partial charge on any atom is 0.324 e. The molecule has 0 unspecified atom stereocenters. The molecule has 11 heteroatoms. The van der Waals surface area contributed by atoms with Crippen LogP contribution in [0.15, 0.2) is 61.1 Å². The smallest absolute Gasteiger partial charge is 0.324 e. The molecule has 5 heterocycles. The highest BCUT2D eigenvalue weighted by atomic mass is 16.5. The van der Waals surface area contributed by atoms with Gasteiger partial charge in [-0.25, -0.2) is 14.8 Å². The molecule has 4 aromatic heterocycles. The first-order chi connectivity index (χ1) is 18.1. The number of hydrogen-bond donors (Lipinski definition) is 4. The fraction of sp³-hybridized carbons (Fsp3) is 0.192. The number of aryl methyl sites for hydroxylation is 1. The van der Waals surface area contributed by atoms with E-state index in [0.29, 0.717) is 24.7 Å². The molecule has 1 aromatic carbocycles. The van der Waals surface area contributed by atoms with Crippen LogP contribution in [0.3, 0.4) is 0 Å². The first-order valence-corrected chi connectivity index (χ1v) is 12.0. The topological polar surface area (TPSA) is 137 Å². The summed E-state index contributed by atoms with van der Waals surface area (Å²) in [5.74, 6) is 1.40. The molecule has 0 atom stereocenters. The zero-order valence-corrected chi connectivity index (χ0v) is 20.2. The number of amides is 2. The minimum atomic E-state index is -0.370. The van der Waals surface area contributed by atoms with E-state index < -0.39 is 0 Å². The normalized spacial score (nSPS) is 13.6. The van der Waals surface area contributed by atoms with Gasteiger partial charge in [-0.05, 0) is 42.8 Å². The molecular formula is C26H25N9O2. The largest absolute Gasteiger partial charge is 0.378 e. The minimum absolute atomic E-state index is 0.370. The molecular weight excluding hydrogens is 470 g/mol. The molecule has 2 amide bonds. The summed E-state index contributed by atoms with van der Waals surface area (Å²) in [5, 5.41) is 13.7. The van der Waals surface area contributed by atoms with Crippen molar-refractivity contribution < 1.29 is 9.53 Å². The van der Waals surface area contributed by atoms with Gasteiger partial charge in [0.25, 0.3) is 0 Å². The Balaban J connectivity index is 1.13. The van der Waals surface area contributed by atoms with Crippen LogP contribution in [0.1, 0.15) is 5.69 Å². The molecule has 4 N–H and O–H groups in total. The first-order valence-electron chi connectivity index (χ1n) is 12.0. The van der Waals surface area contributed by atoms with E-state index in [1.807, 2.05) is 43.3 Å². The molecule has 1 aliphatic heterocycles. The molecule has 0 aliphatic carbocycles. The SMILES string of the molecule is Cc1cc(-c2cc(NC(=O)Nc3ccc(-c4cc5c(N6CCOCC6)ncnc5[nH]4)cc3)[nH]n2)ccn1. The summed E-state index contributed by atoms with van der Waals surface area (Å²) >= 11 is 0. The highest BCUT2D eigenvalue weighted by molar-refractivity contribution is 5.99. The number of fused-ring (bicyclic) bond motifs is 1. The maximum absolute atomic E-state index is 12.5. The van der Waals surface area contributed by atoms with Crippen molar-refractivity contribution in [1.29, 1.82) is 0 Å². The number of anilines is 3. The summed E-state index contributed by atoms with van der Waals surface area (Å²) in [5.41, 5.74) is 5.90. The predicted molar refractivity (Wildman–Crippen MR) is 142 cm³/mol. The van der Waals surface area contributed by atoms with Crippen LogP contribution in [-0.4, -0.2) is 62.5 Å². The Hall–Kier alpha value is -4.77. The standard InChI is InChI=1S/C26H25N9O2/c1-16-12-18(6-7-27-16)22-14-23(34-33-22)32-26(36)30-19-4-2-17(3-5-19)21-13-20-24(31-21)28-15-29-25(20)35-8-10-37-11-9-35/h2-7,12-15H,8-11H2,1H3,(H,28,29,31)(H3,30,32,33,34,36). The Bertz CT molecular complexity index is 1550. The van der Waals surface area contributed by atoms with Crippen molar-refractivity contribution in [3.63, 3.8) is 0 Å². The minimum Gasteiger partial charge on any atom is -0.378 e. The fourth-order valence-electron chi connectivity index (χ4n) is 4.37. The van der Waals surface area contributed by atoms with Crippen LogP contribution in [0.25, 0.3) is 33.5 Å². The van der Waals surface area contributed by atoms with Crippen molar-refractivity contribution in [2.24, 2.45) is 0 Å². The van der Waals surface area contributed by atoms with Crippen LogP contribution >= 0.6 is 0 Å². The van der Waals surface area contributed by atoms with Crippen molar-refractivity contribution in [2.45, 2.75) is 6.92 Å². The van der Waals surface area contributed by atoms with Gasteiger partial charge < -0.3 is 19.9 Å². The third-order valence-electron chi connectivity index (χ3n) is 6.19. The number of benzene rings is 1. The molecule has 0 bridgehead atoms. The van der Waals surface area contributed by atoms with Crippen molar-refractivity contribution in [1.82, 2.24) is 30.1 Å². The molecule has 37 heavy (non-hydrogen) atoms. The maximum atomic E-state index is 12.5. The average molecular weight is 496 g/mol. The molecule has 1 aliphatic rings. The number of hydrogen-bond acceptors (Lipinski definition) is 7. The molecule has 0 saturated carbocycles. The third-order valence-corrected chi connectivity index (χ3v) is 6.19. The van der Waals surface area contributed by atoms with Crippen LogP contribution in [0, 0.1) is 6.92 Å². The molecule has 1 saturated heterocycles. The van der Waals surface area contributed by atoms with E-state index in [-0.39, 0.29) is 6.03 Å². The number of pyridine rings is 1.